The van der Waals surface area contributed by atoms with Crippen molar-refractivity contribution >= 4 is 0 Å². The number of hydrogen-bond donors (Lipinski definition) is 1. The second-order valence-electron chi connectivity index (χ2n) is 3.80. The van der Waals surface area contributed by atoms with Crippen LogP contribution in [0.2, 0.25) is 0 Å². The average Bonchev–Trinajstić information content (AvgIpc) is 2.41. The lowest BCUT2D eigenvalue weighted by molar-refractivity contribution is 0.339. The molecule has 17 heavy (non-hydrogen) atoms. The predicted molar refractivity (Wildman–Crippen MR) is 74.6 cm³/mol. The second kappa shape index (κ2) is 8.78. The van der Waals surface area contributed by atoms with Gasteiger partial charge in [-0.1, -0.05) is 44.7 Å². The highest BCUT2D eigenvalue weighted by atomic mass is 14.9. The number of hydrogen-bond acceptors (Lipinski definition) is 2. The minimum absolute atomic E-state index is 0.314. The summed E-state index contributed by atoms with van der Waals surface area (Å²) in [6.45, 7) is 11.5. The van der Waals surface area contributed by atoms with Gasteiger partial charge < -0.3 is 5.32 Å². The van der Waals surface area contributed by atoms with Crippen LogP contribution in [0.1, 0.15) is 33.6 Å². The minimum atomic E-state index is -0.314. The molecule has 0 unspecified atom stereocenters. The first kappa shape index (κ1) is 15.7. The highest BCUT2D eigenvalue weighted by Gasteiger charge is 2.34. The van der Waals surface area contributed by atoms with Crippen molar-refractivity contribution in [2.24, 2.45) is 5.41 Å². The molecule has 2 nitrogen and oxygen atoms in total. The molecule has 1 heterocycles. The standard InChI is InChI=1S/C13H18N2.C2H6/c1-3-5-12(6-4-2)13(11-14)7-9-15-10-8-13;1-2/h3-6,15H,1,7-10H2,2H3;1-2H3/b6-4-,12-5+;. The zero-order valence-electron chi connectivity index (χ0n) is 11.3. The molecule has 1 N–H and O–H groups in total. The van der Waals surface area contributed by atoms with E-state index in [4.69, 9.17) is 0 Å². The largest absolute Gasteiger partial charge is 0.317 e. The Morgan fingerprint density at radius 3 is 2.35 bits per heavy atom. The number of rotatable bonds is 3. The van der Waals surface area contributed by atoms with E-state index in [-0.39, 0.29) is 5.41 Å². The van der Waals surface area contributed by atoms with Gasteiger partial charge in [0.15, 0.2) is 0 Å². The lowest BCUT2D eigenvalue weighted by Gasteiger charge is -2.32. The maximum absolute atomic E-state index is 9.38. The zero-order chi connectivity index (χ0) is 13.1. The molecule has 0 atom stereocenters. The van der Waals surface area contributed by atoms with Crippen molar-refractivity contribution in [3.63, 3.8) is 0 Å². The van der Waals surface area contributed by atoms with Crippen molar-refractivity contribution in [1.82, 2.24) is 5.32 Å². The molecule has 94 valence electrons. The molecular formula is C15H24N2. The van der Waals surface area contributed by atoms with Gasteiger partial charge in [-0.15, -0.1) is 0 Å². The van der Waals surface area contributed by atoms with E-state index in [0.29, 0.717) is 0 Å². The quantitative estimate of drug-likeness (QED) is 0.755. The van der Waals surface area contributed by atoms with Gasteiger partial charge in [-0.25, -0.2) is 0 Å². The van der Waals surface area contributed by atoms with Crippen LogP contribution in [0.4, 0.5) is 0 Å². The van der Waals surface area contributed by atoms with Crippen LogP contribution in [0.3, 0.4) is 0 Å². The van der Waals surface area contributed by atoms with E-state index in [1.54, 1.807) is 6.08 Å². The van der Waals surface area contributed by atoms with Gasteiger partial charge in [0.1, 0.15) is 0 Å². The van der Waals surface area contributed by atoms with Gasteiger partial charge in [-0.05, 0) is 38.4 Å². The lowest BCUT2D eigenvalue weighted by atomic mass is 9.73. The van der Waals surface area contributed by atoms with Crippen molar-refractivity contribution in [3.05, 3.63) is 36.5 Å². The van der Waals surface area contributed by atoms with E-state index >= 15 is 0 Å². The third-order valence-electron chi connectivity index (χ3n) is 2.87. The summed E-state index contributed by atoms with van der Waals surface area (Å²) in [7, 11) is 0. The first-order chi connectivity index (χ1) is 8.29. The number of allylic oxidation sites excluding steroid dienone is 5. The van der Waals surface area contributed by atoms with Crippen LogP contribution in [0, 0.1) is 16.7 Å². The summed E-state index contributed by atoms with van der Waals surface area (Å²) in [5.41, 5.74) is 0.773. The monoisotopic (exact) mass is 232 g/mol. The molecule has 0 amide bonds. The highest BCUT2D eigenvalue weighted by Crippen LogP contribution is 2.36. The summed E-state index contributed by atoms with van der Waals surface area (Å²) in [5, 5.41) is 12.7. The first-order valence-electron chi connectivity index (χ1n) is 6.37. The fourth-order valence-electron chi connectivity index (χ4n) is 2.00. The van der Waals surface area contributed by atoms with Gasteiger partial charge in [0, 0.05) is 0 Å². The Labute approximate surface area is 106 Å². The number of nitriles is 1. The lowest BCUT2D eigenvalue weighted by Crippen LogP contribution is -2.36. The Morgan fingerprint density at radius 1 is 1.35 bits per heavy atom. The van der Waals surface area contributed by atoms with Gasteiger partial charge in [0.2, 0.25) is 0 Å². The van der Waals surface area contributed by atoms with Crippen LogP contribution in [0.15, 0.2) is 36.5 Å². The smallest absolute Gasteiger partial charge is 0.0846 e. The normalized spacial score (nSPS) is 19.1. The van der Waals surface area contributed by atoms with E-state index in [2.05, 4.69) is 18.0 Å². The highest BCUT2D eigenvalue weighted by molar-refractivity contribution is 5.36. The molecule has 0 spiro atoms. The molecule has 0 aromatic carbocycles. The third-order valence-corrected chi connectivity index (χ3v) is 2.87. The molecule has 0 saturated carbocycles. The third kappa shape index (κ3) is 4.20. The Kier molecular flexibility index (Phi) is 8.09. The average molecular weight is 232 g/mol. The molecule has 0 bridgehead atoms. The van der Waals surface area contributed by atoms with Crippen molar-refractivity contribution < 1.29 is 0 Å². The van der Waals surface area contributed by atoms with Gasteiger partial charge in [0.25, 0.3) is 0 Å². The van der Waals surface area contributed by atoms with Crippen molar-refractivity contribution in [2.45, 2.75) is 33.6 Å². The van der Waals surface area contributed by atoms with Crippen LogP contribution in [0.5, 0.6) is 0 Å². The van der Waals surface area contributed by atoms with Gasteiger partial charge in [0.05, 0.1) is 11.5 Å². The molecular weight excluding hydrogens is 208 g/mol. The number of piperidine rings is 1. The van der Waals surface area contributed by atoms with E-state index in [1.807, 2.05) is 39.0 Å². The summed E-state index contributed by atoms with van der Waals surface area (Å²) >= 11 is 0. The summed E-state index contributed by atoms with van der Waals surface area (Å²) in [4.78, 5) is 0. The van der Waals surface area contributed by atoms with Crippen molar-refractivity contribution in [1.29, 1.82) is 5.26 Å². The van der Waals surface area contributed by atoms with E-state index < -0.39 is 0 Å². The van der Waals surface area contributed by atoms with Crippen LogP contribution >= 0.6 is 0 Å². The molecule has 0 aliphatic carbocycles. The molecule has 0 aromatic rings. The summed E-state index contributed by atoms with van der Waals surface area (Å²) in [6.07, 6.45) is 9.48. The van der Waals surface area contributed by atoms with Crippen molar-refractivity contribution in [3.8, 4) is 6.07 Å². The Hall–Kier alpha value is -1.33. The summed E-state index contributed by atoms with van der Waals surface area (Å²) in [6, 6.07) is 2.48. The predicted octanol–water partition coefficient (Wildman–Crippen LogP) is 3.59. The summed E-state index contributed by atoms with van der Waals surface area (Å²) < 4.78 is 0. The van der Waals surface area contributed by atoms with Crippen LogP contribution < -0.4 is 5.32 Å². The van der Waals surface area contributed by atoms with E-state index in [1.165, 1.54) is 0 Å². The zero-order valence-corrected chi connectivity index (χ0v) is 11.3. The van der Waals surface area contributed by atoms with Crippen LogP contribution in [-0.2, 0) is 0 Å². The fourth-order valence-corrected chi connectivity index (χ4v) is 2.00. The molecule has 2 heteroatoms. The van der Waals surface area contributed by atoms with Gasteiger partial charge >= 0.3 is 0 Å². The molecule has 1 aliphatic heterocycles. The molecule has 0 aromatic heterocycles. The molecule has 1 rings (SSSR count). The van der Waals surface area contributed by atoms with E-state index in [0.717, 1.165) is 31.5 Å². The summed E-state index contributed by atoms with van der Waals surface area (Å²) in [5.74, 6) is 0. The fraction of sp³-hybridized carbons (Fsp3) is 0.533. The van der Waals surface area contributed by atoms with Crippen LogP contribution in [-0.4, -0.2) is 13.1 Å². The van der Waals surface area contributed by atoms with Crippen LogP contribution in [0.25, 0.3) is 0 Å². The number of nitrogens with one attached hydrogen (secondary N) is 1. The molecule has 0 radical (unpaired) electrons. The second-order valence-corrected chi connectivity index (χ2v) is 3.80. The first-order valence-corrected chi connectivity index (χ1v) is 6.37. The topological polar surface area (TPSA) is 35.8 Å². The van der Waals surface area contributed by atoms with Gasteiger partial charge in [-0.3, -0.25) is 0 Å². The molecule has 1 fully saturated rings. The van der Waals surface area contributed by atoms with Crippen molar-refractivity contribution in [2.75, 3.05) is 13.1 Å². The minimum Gasteiger partial charge on any atom is -0.317 e. The Bertz CT molecular complexity index is 312. The molecule has 1 aliphatic rings. The molecule has 1 saturated heterocycles. The number of nitrogens with zero attached hydrogens (tertiary/aromatic N) is 1. The SMILES string of the molecule is C=C/C=C(\C=C/C)C1(C#N)CCNCC1.CC. The Morgan fingerprint density at radius 2 is 1.94 bits per heavy atom. The maximum Gasteiger partial charge on any atom is 0.0846 e. The maximum atomic E-state index is 9.38. The Balaban J connectivity index is 0.00000121. The van der Waals surface area contributed by atoms with E-state index in [9.17, 15) is 5.26 Å². The van der Waals surface area contributed by atoms with Gasteiger partial charge in [-0.2, -0.15) is 5.26 Å².